The van der Waals surface area contributed by atoms with Gasteiger partial charge in [0.2, 0.25) is 0 Å². The number of hydrogen-bond donors (Lipinski definition) is 1. The number of piperazine rings is 1. The molecule has 0 radical (unpaired) electrons. The zero-order valence-corrected chi connectivity index (χ0v) is 17.2. The Labute approximate surface area is 181 Å². The molecule has 4 rings (SSSR count). The monoisotopic (exact) mass is 413 g/mol. The number of nitrogens with zero attached hydrogens (tertiary/aromatic N) is 2. The van der Waals surface area contributed by atoms with Crippen LogP contribution in [0, 0.1) is 6.92 Å². The molecule has 0 bridgehead atoms. The highest BCUT2D eigenvalue weighted by molar-refractivity contribution is 6.40. The van der Waals surface area contributed by atoms with Gasteiger partial charge in [-0.05, 0) is 54.4 Å². The van der Waals surface area contributed by atoms with E-state index in [0.717, 1.165) is 22.5 Å². The summed E-state index contributed by atoms with van der Waals surface area (Å²) in [5, 5.41) is 2.88. The second-order valence-corrected chi connectivity index (χ2v) is 7.54. The minimum atomic E-state index is -0.522. The van der Waals surface area contributed by atoms with E-state index in [0.29, 0.717) is 25.2 Å². The molecule has 1 aliphatic heterocycles. The van der Waals surface area contributed by atoms with Crippen molar-refractivity contribution in [3.8, 4) is 0 Å². The van der Waals surface area contributed by atoms with Crippen molar-refractivity contribution in [2.24, 2.45) is 0 Å². The van der Waals surface area contributed by atoms with Gasteiger partial charge in [-0.15, -0.1) is 0 Å². The third-order valence-electron chi connectivity index (χ3n) is 5.24. The standard InChI is InChI=1S/C25H23N3O3/c1-18-6-5-7-21(16-18)26-23(29)20-12-10-19(11-13-20)17-27-14-15-28(25(31)24(27)30)22-8-3-2-4-9-22/h2-13,16H,14-15,17H2,1H3,(H,26,29). The van der Waals surface area contributed by atoms with Gasteiger partial charge >= 0.3 is 11.8 Å². The molecule has 0 saturated carbocycles. The highest BCUT2D eigenvalue weighted by atomic mass is 16.2. The first-order chi connectivity index (χ1) is 15.0. The molecule has 1 saturated heterocycles. The lowest BCUT2D eigenvalue weighted by atomic mass is 10.1. The van der Waals surface area contributed by atoms with Crippen molar-refractivity contribution in [2.45, 2.75) is 13.5 Å². The summed E-state index contributed by atoms with van der Waals surface area (Å²) >= 11 is 0. The average molecular weight is 413 g/mol. The Morgan fingerprint density at radius 2 is 1.61 bits per heavy atom. The third kappa shape index (κ3) is 4.64. The fraction of sp³-hybridized carbons (Fsp3) is 0.160. The predicted octanol–water partition coefficient (Wildman–Crippen LogP) is 3.62. The summed E-state index contributed by atoms with van der Waals surface area (Å²) in [5.41, 5.74) is 3.93. The zero-order chi connectivity index (χ0) is 21.8. The highest BCUT2D eigenvalue weighted by Crippen LogP contribution is 2.19. The van der Waals surface area contributed by atoms with Gasteiger partial charge in [0.15, 0.2) is 0 Å². The van der Waals surface area contributed by atoms with E-state index in [4.69, 9.17) is 0 Å². The van der Waals surface area contributed by atoms with Crippen LogP contribution in [0.2, 0.25) is 0 Å². The number of rotatable bonds is 5. The van der Waals surface area contributed by atoms with Crippen LogP contribution in [0.15, 0.2) is 78.9 Å². The maximum atomic E-state index is 12.6. The normalized spacial score (nSPS) is 14.0. The Morgan fingerprint density at radius 1 is 0.871 bits per heavy atom. The average Bonchev–Trinajstić information content (AvgIpc) is 2.78. The Morgan fingerprint density at radius 3 is 2.32 bits per heavy atom. The van der Waals surface area contributed by atoms with E-state index in [1.54, 1.807) is 17.0 Å². The lowest BCUT2D eigenvalue weighted by molar-refractivity contribution is -0.146. The minimum Gasteiger partial charge on any atom is -0.328 e. The molecule has 31 heavy (non-hydrogen) atoms. The number of hydrogen-bond acceptors (Lipinski definition) is 3. The number of carbonyl (C=O) groups is 3. The quantitative estimate of drug-likeness (QED) is 0.650. The van der Waals surface area contributed by atoms with Crippen molar-refractivity contribution in [2.75, 3.05) is 23.3 Å². The van der Waals surface area contributed by atoms with Crippen LogP contribution in [0.4, 0.5) is 11.4 Å². The van der Waals surface area contributed by atoms with E-state index in [2.05, 4.69) is 5.32 Å². The topological polar surface area (TPSA) is 69.7 Å². The lowest BCUT2D eigenvalue weighted by Crippen LogP contribution is -2.54. The number of aryl methyl sites for hydroxylation is 1. The van der Waals surface area contributed by atoms with Crippen LogP contribution in [0.1, 0.15) is 21.5 Å². The Balaban J connectivity index is 1.38. The van der Waals surface area contributed by atoms with Crippen LogP contribution in [-0.2, 0) is 16.1 Å². The van der Waals surface area contributed by atoms with Crippen LogP contribution in [0.25, 0.3) is 0 Å². The summed E-state index contributed by atoms with van der Waals surface area (Å²) in [6.07, 6.45) is 0. The number of amides is 3. The van der Waals surface area contributed by atoms with Crippen LogP contribution in [-0.4, -0.2) is 35.7 Å². The molecule has 0 atom stereocenters. The SMILES string of the molecule is Cc1cccc(NC(=O)c2ccc(CN3CCN(c4ccccc4)C(=O)C3=O)cc2)c1. The second kappa shape index (κ2) is 8.83. The molecule has 3 aromatic carbocycles. The number of para-hydroxylation sites is 1. The minimum absolute atomic E-state index is 0.195. The first kappa shape index (κ1) is 20.3. The molecule has 1 fully saturated rings. The van der Waals surface area contributed by atoms with Gasteiger partial charge in [-0.2, -0.15) is 0 Å². The van der Waals surface area contributed by atoms with Crippen LogP contribution in [0.5, 0.6) is 0 Å². The van der Waals surface area contributed by atoms with E-state index in [-0.39, 0.29) is 5.91 Å². The van der Waals surface area contributed by atoms with Gasteiger partial charge in [0, 0.05) is 36.6 Å². The van der Waals surface area contributed by atoms with Gasteiger partial charge in [0.1, 0.15) is 0 Å². The smallest absolute Gasteiger partial charge is 0.316 e. The van der Waals surface area contributed by atoms with Crippen LogP contribution >= 0.6 is 0 Å². The Hall–Kier alpha value is -3.93. The van der Waals surface area contributed by atoms with Crippen molar-refractivity contribution in [1.29, 1.82) is 0 Å². The first-order valence-corrected chi connectivity index (χ1v) is 10.1. The molecule has 6 nitrogen and oxygen atoms in total. The summed E-state index contributed by atoms with van der Waals surface area (Å²) in [4.78, 5) is 40.7. The summed E-state index contributed by atoms with van der Waals surface area (Å²) in [7, 11) is 0. The fourth-order valence-electron chi connectivity index (χ4n) is 3.59. The molecule has 0 aliphatic carbocycles. The van der Waals surface area contributed by atoms with E-state index in [1.165, 1.54) is 4.90 Å². The van der Waals surface area contributed by atoms with Gasteiger partial charge < -0.3 is 15.1 Å². The summed E-state index contributed by atoms with van der Waals surface area (Å²) in [5.74, 6) is -1.23. The van der Waals surface area contributed by atoms with E-state index in [1.807, 2.05) is 73.7 Å². The predicted molar refractivity (Wildman–Crippen MR) is 120 cm³/mol. The highest BCUT2D eigenvalue weighted by Gasteiger charge is 2.33. The molecule has 1 aliphatic rings. The summed E-state index contributed by atoms with van der Waals surface area (Å²) in [6, 6.07) is 23.9. The molecule has 0 spiro atoms. The fourth-order valence-corrected chi connectivity index (χ4v) is 3.59. The van der Waals surface area contributed by atoms with Crippen LogP contribution in [0.3, 0.4) is 0 Å². The maximum absolute atomic E-state index is 12.6. The lowest BCUT2D eigenvalue weighted by Gasteiger charge is -2.33. The molecule has 1 N–H and O–H groups in total. The molecule has 6 heteroatoms. The van der Waals surface area contributed by atoms with Crippen molar-refractivity contribution in [3.05, 3.63) is 95.6 Å². The Bertz CT molecular complexity index is 1110. The van der Waals surface area contributed by atoms with Gasteiger partial charge in [-0.1, -0.05) is 42.5 Å². The zero-order valence-electron chi connectivity index (χ0n) is 17.2. The number of carbonyl (C=O) groups excluding carboxylic acids is 3. The number of benzene rings is 3. The van der Waals surface area contributed by atoms with Gasteiger partial charge in [0.25, 0.3) is 5.91 Å². The molecule has 3 amide bonds. The molecular formula is C25H23N3O3. The molecule has 0 aromatic heterocycles. The Kier molecular flexibility index (Phi) is 5.80. The second-order valence-electron chi connectivity index (χ2n) is 7.54. The molecule has 1 heterocycles. The summed E-state index contributed by atoms with van der Waals surface area (Å²) in [6.45, 7) is 3.20. The van der Waals surface area contributed by atoms with Crippen LogP contribution < -0.4 is 10.2 Å². The van der Waals surface area contributed by atoms with E-state index in [9.17, 15) is 14.4 Å². The van der Waals surface area contributed by atoms with Gasteiger partial charge in [0.05, 0.1) is 0 Å². The van der Waals surface area contributed by atoms with Crippen molar-refractivity contribution < 1.29 is 14.4 Å². The number of nitrogens with one attached hydrogen (secondary N) is 1. The van der Waals surface area contributed by atoms with E-state index < -0.39 is 11.8 Å². The summed E-state index contributed by atoms with van der Waals surface area (Å²) < 4.78 is 0. The largest absolute Gasteiger partial charge is 0.328 e. The maximum Gasteiger partial charge on any atom is 0.316 e. The molecular weight excluding hydrogens is 390 g/mol. The number of anilines is 2. The van der Waals surface area contributed by atoms with Crippen molar-refractivity contribution in [1.82, 2.24) is 4.90 Å². The van der Waals surface area contributed by atoms with Gasteiger partial charge in [-0.3, -0.25) is 14.4 Å². The molecule has 156 valence electrons. The van der Waals surface area contributed by atoms with Crippen molar-refractivity contribution >= 4 is 29.1 Å². The molecule has 0 unspecified atom stereocenters. The van der Waals surface area contributed by atoms with Crippen molar-refractivity contribution in [3.63, 3.8) is 0 Å². The third-order valence-corrected chi connectivity index (χ3v) is 5.24. The van der Waals surface area contributed by atoms with Gasteiger partial charge in [-0.25, -0.2) is 0 Å². The molecule has 3 aromatic rings. The first-order valence-electron chi connectivity index (χ1n) is 10.1. The van der Waals surface area contributed by atoms with E-state index >= 15 is 0 Å².